The van der Waals surface area contributed by atoms with Crippen LogP contribution in [-0.2, 0) is 19.5 Å². The van der Waals surface area contributed by atoms with Crippen molar-refractivity contribution in [1.29, 1.82) is 0 Å². The summed E-state index contributed by atoms with van der Waals surface area (Å²) in [6, 6.07) is 11.3. The smallest absolute Gasteiger partial charge is 0.335 e. The van der Waals surface area contributed by atoms with E-state index in [2.05, 4.69) is 9.88 Å². The van der Waals surface area contributed by atoms with Crippen LogP contribution in [0.2, 0.25) is 0 Å². The van der Waals surface area contributed by atoms with Crippen molar-refractivity contribution in [3.05, 3.63) is 65.0 Å². The van der Waals surface area contributed by atoms with E-state index in [1.54, 1.807) is 18.3 Å². The Bertz CT molecular complexity index is 626. The second kappa shape index (κ2) is 5.43. The van der Waals surface area contributed by atoms with Gasteiger partial charge in [-0.25, -0.2) is 4.79 Å². The molecule has 1 aromatic carbocycles. The minimum Gasteiger partial charge on any atom is -0.478 e. The molecule has 0 radical (unpaired) electrons. The molecule has 1 aliphatic rings. The van der Waals surface area contributed by atoms with Crippen molar-refractivity contribution in [3.8, 4) is 0 Å². The summed E-state index contributed by atoms with van der Waals surface area (Å²) in [5, 5.41) is 9.06. The lowest BCUT2D eigenvalue weighted by atomic mass is 9.97. The Hall–Kier alpha value is -2.20. The van der Waals surface area contributed by atoms with Crippen molar-refractivity contribution in [2.24, 2.45) is 0 Å². The summed E-state index contributed by atoms with van der Waals surface area (Å²) in [5.41, 5.74) is 3.79. The maximum Gasteiger partial charge on any atom is 0.335 e. The third-order valence-electron chi connectivity index (χ3n) is 3.66. The molecule has 3 rings (SSSR count). The minimum absolute atomic E-state index is 0.364. The van der Waals surface area contributed by atoms with Gasteiger partial charge in [0, 0.05) is 25.8 Å². The molecule has 1 aromatic heterocycles. The molecule has 0 saturated carbocycles. The van der Waals surface area contributed by atoms with Crippen LogP contribution in [0.1, 0.15) is 27.2 Å². The standard InChI is InChI=1S/C16H16N2O2/c19-16(20)13-5-4-12-6-8-18(10-14(12)9-13)11-15-3-1-2-7-17-15/h1-5,7,9H,6,8,10-11H2,(H,19,20). The first kappa shape index (κ1) is 12.8. The highest BCUT2D eigenvalue weighted by Crippen LogP contribution is 2.21. The van der Waals surface area contributed by atoms with Gasteiger partial charge >= 0.3 is 5.97 Å². The summed E-state index contributed by atoms with van der Waals surface area (Å²) < 4.78 is 0. The number of carboxylic acid groups (broad SMARTS) is 1. The Morgan fingerprint density at radius 3 is 2.90 bits per heavy atom. The number of nitrogens with zero attached hydrogens (tertiary/aromatic N) is 2. The van der Waals surface area contributed by atoms with Gasteiger partial charge in [0.2, 0.25) is 0 Å². The van der Waals surface area contributed by atoms with Crippen molar-refractivity contribution >= 4 is 5.97 Å². The first-order chi connectivity index (χ1) is 9.72. The Morgan fingerprint density at radius 1 is 1.25 bits per heavy atom. The van der Waals surface area contributed by atoms with E-state index in [0.29, 0.717) is 5.56 Å². The summed E-state index contributed by atoms with van der Waals surface area (Å²) in [6.07, 6.45) is 2.76. The summed E-state index contributed by atoms with van der Waals surface area (Å²) in [7, 11) is 0. The second-order valence-corrected chi connectivity index (χ2v) is 5.07. The van der Waals surface area contributed by atoms with E-state index >= 15 is 0 Å². The maximum absolute atomic E-state index is 11.0. The van der Waals surface area contributed by atoms with E-state index in [0.717, 1.165) is 37.3 Å². The van der Waals surface area contributed by atoms with E-state index in [1.165, 1.54) is 5.56 Å². The predicted octanol–water partition coefficient (Wildman–Crippen LogP) is 2.34. The van der Waals surface area contributed by atoms with Crippen LogP contribution in [0, 0.1) is 0 Å². The molecule has 2 heterocycles. The summed E-state index contributed by atoms with van der Waals surface area (Å²) >= 11 is 0. The SMILES string of the molecule is O=C(O)c1ccc2c(c1)CN(Cc1ccccn1)CC2. The molecule has 4 heteroatoms. The quantitative estimate of drug-likeness (QED) is 0.928. The van der Waals surface area contributed by atoms with E-state index in [4.69, 9.17) is 5.11 Å². The molecule has 1 aliphatic heterocycles. The van der Waals surface area contributed by atoms with Crippen molar-refractivity contribution in [3.63, 3.8) is 0 Å². The maximum atomic E-state index is 11.0. The van der Waals surface area contributed by atoms with Crippen LogP contribution in [0.3, 0.4) is 0 Å². The molecule has 2 aromatic rings. The Balaban J connectivity index is 1.77. The van der Waals surface area contributed by atoms with Crippen LogP contribution in [0.15, 0.2) is 42.6 Å². The molecule has 102 valence electrons. The fraction of sp³-hybridized carbons (Fsp3) is 0.250. The number of pyridine rings is 1. The van der Waals surface area contributed by atoms with Gasteiger partial charge in [0.1, 0.15) is 0 Å². The lowest BCUT2D eigenvalue weighted by Gasteiger charge is -2.28. The zero-order valence-electron chi connectivity index (χ0n) is 11.1. The number of carboxylic acids is 1. The topological polar surface area (TPSA) is 53.4 Å². The van der Waals surface area contributed by atoms with E-state index < -0.39 is 5.97 Å². The molecule has 4 nitrogen and oxygen atoms in total. The number of hydrogen-bond acceptors (Lipinski definition) is 3. The van der Waals surface area contributed by atoms with E-state index in [1.807, 2.05) is 24.3 Å². The molecule has 20 heavy (non-hydrogen) atoms. The van der Waals surface area contributed by atoms with Gasteiger partial charge in [0.05, 0.1) is 11.3 Å². The van der Waals surface area contributed by atoms with Gasteiger partial charge in [-0.2, -0.15) is 0 Å². The van der Waals surface area contributed by atoms with Crippen LogP contribution in [0.4, 0.5) is 0 Å². The van der Waals surface area contributed by atoms with Crippen LogP contribution < -0.4 is 0 Å². The fourth-order valence-electron chi connectivity index (χ4n) is 2.60. The fourth-order valence-corrected chi connectivity index (χ4v) is 2.60. The summed E-state index contributed by atoms with van der Waals surface area (Å²) in [5.74, 6) is -0.866. The van der Waals surface area contributed by atoms with E-state index in [9.17, 15) is 4.79 Å². The molecule has 0 bridgehead atoms. The normalized spacial score (nSPS) is 14.8. The third-order valence-corrected chi connectivity index (χ3v) is 3.66. The van der Waals surface area contributed by atoms with Gasteiger partial charge in [-0.1, -0.05) is 12.1 Å². The van der Waals surface area contributed by atoms with Gasteiger partial charge in [-0.05, 0) is 41.8 Å². The molecule has 0 saturated heterocycles. The lowest BCUT2D eigenvalue weighted by Crippen LogP contribution is -2.30. The predicted molar refractivity (Wildman–Crippen MR) is 75.5 cm³/mol. The average Bonchev–Trinajstić information content (AvgIpc) is 2.47. The van der Waals surface area contributed by atoms with Crippen LogP contribution in [-0.4, -0.2) is 27.5 Å². The Morgan fingerprint density at radius 2 is 2.15 bits per heavy atom. The number of benzene rings is 1. The third kappa shape index (κ3) is 2.70. The number of hydrogen-bond donors (Lipinski definition) is 1. The highest BCUT2D eigenvalue weighted by atomic mass is 16.4. The molecule has 0 atom stereocenters. The van der Waals surface area contributed by atoms with Crippen molar-refractivity contribution in [2.45, 2.75) is 19.5 Å². The summed E-state index contributed by atoms with van der Waals surface area (Å²) in [4.78, 5) is 17.7. The average molecular weight is 268 g/mol. The monoisotopic (exact) mass is 268 g/mol. The molecule has 1 N–H and O–H groups in total. The van der Waals surface area contributed by atoms with Crippen molar-refractivity contribution in [2.75, 3.05) is 6.54 Å². The molecular weight excluding hydrogens is 252 g/mol. The zero-order chi connectivity index (χ0) is 13.9. The highest BCUT2D eigenvalue weighted by Gasteiger charge is 2.18. The minimum atomic E-state index is -0.866. The van der Waals surface area contributed by atoms with Gasteiger partial charge in [-0.3, -0.25) is 9.88 Å². The highest BCUT2D eigenvalue weighted by molar-refractivity contribution is 5.87. The molecular formula is C16H16N2O2. The first-order valence-corrected chi connectivity index (χ1v) is 6.70. The number of fused-ring (bicyclic) bond motifs is 1. The van der Waals surface area contributed by atoms with Gasteiger partial charge < -0.3 is 5.11 Å². The van der Waals surface area contributed by atoms with E-state index in [-0.39, 0.29) is 0 Å². The first-order valence-electron chi connectivity index (χ1n) is 6.70. The van der Waals surface area contributed by atoms with Crippen LogP contribution >= 0.6 is 0 Å². The van der Waals surface area contributed by atoms with Gasteiger partial charge in [0.25, 0.3) is 0 Å². The van der Waals surface area contributed by atoms with Gasteiger partial charge in [0.15, 0.2) is 0 Å². The number of aromatic nitrogens is 1. The zero-order valence-corrected chi connectivity index (χ0v) is 11.1. The summed E-state index contributed by atoms with van der Waals surface area (Å²) in [6.45, 7) is 2.57. The Kier molecular flexibility index (Phi) is 3.48. The number of rotatable bonds is 3. The molecule has 0 aliphatic carbocycles. The molecule has 0 fully saturated rings. The van der Waals surface area contributed by atoms with Gasteiger partial charge in [-0.15, -0.1) is 0 Å². The van der Waals surface area contributed by atoms with Crippen LogP contribution in [0.5, 0.6) is 0 Å². The second-order valence-electron chi connectivity index (χ2n) is 5.07. The van der Waals surface area contributed by atoms with Crippen molar-refractivity contribution < 1.29 is 9.90 Å². The molecule has 0 unspecified atom stereocenters. The lowest BCUT2D eigenvalue weighted by molar-refractivity contribution is 0.0696. The molecule has 0 amide bonds. The van der Waals surface area contributed by atoms with Crippen molar-refractivity contribution in [1.82, 2.24) is 9.88 Å². The number of aromatic carboxylic acids is 1. The molecule has 0 spiro atoms. The largest absolute Gasteiger partial charge is 0.478 e. The Labute approximate surface area is 117 Å². The number of carbonyl (C=O) groups is 1. The van der Waals surface area contributed by atoms with Crippen LogP contribution in [0.25, 0.3) is 0 Å².